The van der Waals surface area contributed by atoms with Crippen molar-refractivity contribution in [2.24, 2.45) is 4.99 Å². The van der Waals surface area contributed by atoms with Crippen molar-refractivity contribution in [1.29, 1.82) is 0 Å². The molecule has 1 fully saturated rings. The first kappa shape index (κ1) is 25.8. The Labute approximate surface area is 232 Å². The number of thioether (sulfide) groups is 2. The van der Waals surface area contributed by atoms with Crippen LogP contribution < -0.4 is 14.7 Å². The molecule has 0 atom stereocenters. The predicted octanol–water partition coefficient (Wildman–Crippen LogP) is 7.98. The Morgan fingerprint density at radius 1 is 0.946 bits per heavy atom. The molecule has 1 saturated heterocycles. The Morgan fingerprint density at radius 3 is 2.35 bits per heavy atom. The maximum atomic E-state index is 13.9. The zero-order valence-corrected chi connectivity index (χ0v) is 24.0. The molecule has 5 nitrogen and oxygen atoms in total. The lowest BCUT2D eigenvalue weighted by atomic mass is 10.1. The maximum absolute atomic E-state index is 13.9. The van der Waals surface area contributed by atoms with Gasteiger partial charge in [0.1, 0.15) is 4.91 Å². The molecule has 2 heterocycles. The van der Waals surface area contributed by atoms with E-state index in [2.05, 4.69) is 37.8 Å². The summed E-state index contributed by atoms with van der Waals surface area (Å²) in [5, 5.41) is 2.22. The van der Waals surface area contributed by atoms with Gasteiger partial charge in [0, 0.05) is 35.7 Å². The maximum Gasteiger partial charge on any atom is 0.274 e. The predicted molar refractivity (Wildman–Crippen MR) is 161 cm³/mol. The highest BCUT2D eigenvalue weighted by Crippen LogP contribution is 2.51. The smallest absolute Gasteiger partial charge is 0.274 e. The molecule has 2 aliphatic rings. The molecule has 0 bridgehead atoms. The standard InChI is InChI=1S/C29H29ClN4OS2/c1-6-33(7-2)22-13-14-23(19(4)16-22)31-29-34(21-11-8-18(3)9-12-21)27(35)26(37-29)28-32(5)24-17-20(30)10-15-25(24)36-28/h8-17H,6-7H2,1-5H3/b28-26-,31-29?. The summed E-state index contributed by atoms with van der Waals surface area (Å²) in [6.45, 7) is 10.3. The van der Waals surface area contributed by atoms with Crippen LogP contribution in [-0.2, 0) is 4.79 Å². The Hall–Kier alpha value is -2.87. The van der Waals surface area contributed by atoms with E-state index in [-0.39, 0.29) is 5.91 Å². The fourth-order valence-electron chi connectivity index (χ4n) is 4.47. The van der Waals surface area contributed by atoms with E-state index in [9.17, 15) is 4.79 Å². The molecule has 0 N–H and O–H groups in total. The van der Waals surface area contributed by atoms with Crippen LogP contribution in [0.4, 0.5) is 22.7 Å². The number of aliphatic imine (C=N–C) groups is 1. The molecule has 190 valence electrons. The quantitative estimate of drug-likeness (QED) is 0.302. The van der Waals surface area contributed by atoms with Gasteiger partial charge in [-0.3, -0.25) is 9.69 Å². The molecule has 0 spiro atoms. The Morgan fingerprint density at radius 2 is 1.68 bits per heavy atom. The fourth-order valence-corrected chi connectivity index (χ4v) is 6.96. The van der Waals surface area contributed by atoms with E-state index in [0.29, 0.717) is 15.1 Å². The number of amidine groups is 1. The molecule has 1 amide bonds. The summed E-state index contributed by atoms with van der Waals surface area (Å²) in [5.74, 6) is -0.0710. The van der Waals surface area contributed by atoms with Crippen LogP contribution >= 0.6 is 35.1 Å². The van der Waals surface area contributed by atoms with Gasteiger partial charge in [-0.15, -0.1) is 0 Å². The third-order valence-corrected chi connectivity index (χ3v) is 9.22. The minimum absolute atomic E-state index is 0.0710. The van der Waals surface area contributed by atoms with Crippen molar-refractivity contribution in [3.63, 3.8) is 0 Å². The van der Waals surface area contributed by atoms with Crippen molar-refractivity contribution in [1.82, 2.24) is 0 Å². The third-order valence-electron chi connectivity index (χ3n) is 6.59. The van der Waals surface area contributed by atoms with E-state index in [1.165, 1.54) is 17.4 Å². The van der Waals surface area contributed by atoms with Crippen LogP contribution in [-0.4, -0.2) is 31.2 Å². The second-order valence-electron chi connectivity index (χ2n) is 9.02. The van der Waals surface area contributed by atoms with Gasteiger partial charge in [-0.1, -0.05) is 41.1 Å². The zero-order valence-electron chi connectivity index (χ0n) is 21.6. The highest BCUT2D eigenvalue weighted by atomic mass is 35.5. The molecule has 0 radical (unpaired) electrons. The lowest BCUT2D eigenvalue weighted by Gasteiger charge is -2.22. The van der Waals surface area contributed by atoms with Gasteiger partial charge in [-0.2, -0.15) is 0 Å². The lowest BCUT2D eigenvalue weighted by molar-refractivity contribution is -0.113. The first-order valence-corrected chi connectivity index (χ1v) is 14.3. The van der Waals surface area contributed by atoms with Crippen LogP contribution in [0.5, 0.6) is 0 Å². The summed E-state index contributed by atoms with van der Waals surface area (Å²) in [7, 11) is 1.98. The monoisotopic (exact) mass is 548 g/mol. The largest absolute Gasteiger partial charge is 0.372 e. The number of rotatable bonds is 5. The molecule has 37 heavy (non-hydrogen) atoms. The molecule has 0 aliphatic carbocycles. The van der Waals surface area contributed by atoms with E-state index in [0.717, 1.165) is 51.2 Å². The van der Waals surface area contributed by atoms with Crippen LogP contribution in [0.25, 0.3) is 0 Å². The normalized spacial score (nSPS) is 18.2. The highest BCUT2D eigenvalue weighted by molar-refractivity contribution is 8.20. The van der Waals surface area contributed by atoms with E-state index < -0.39 is 0 Å². The number of halogens is 1. The van der Waals surface area contributed by atoms with Crippen molar-refractivity contribution in [3.05, 3.63) is 86.7 Å². The molecule has 2 aliphatic heterocycles. The number of hydrogen-bond donors (Lipinski definition) is 0. The van der Waals surface area contributed by atoms with E-state index in [1.54, 1.807) is 16.7 Å². The second kappa shape index (κ2) is 10.5. The van der Waals surface area contributed by atoms with Crippen molar-refractivity contribution < 1.29 is 4.79 Å². The number of hydrogen-bond acceptors (Lipinski definition) is 6. The van der Waals surface area contributed by atoms with Crippen LogP contribution in [0, 0.1) is 13.8 Å². The number of benzene rings is 3. The fraction of sp³-hybridized carbons (Fsp3) is 0.241. The first-order chi connectivity index (χ1) is 17.8. The Kier molecular flexibility index (Phi) is 7.30. The molecule has 8 heteroatoms. The van der Waals surface area contributed by atoms with Crippen LogP contribution in [0.15, 0.2) is 80.5 Å². The van der Waals surface area contributed by atoms with Crippen molar-refractivity contribution in [2.45, 2.75) is 32.6 Å². The Bertz CT molecular complexity index is 1430. The number of amides is 1. The lowest BCUT2D eigenvalue weighted by Crippen LogP contribution is -2.29. The number of carbonyl (C=O) groups excluding carboxylic acids is 1. The number of anilines is 3. The summed E-state index contributed by atoms with van der Waals surface area (Å²) in [6.07, 6.45) is 0. The van der Waals surface area contributed by atoms with Gasteiger partial charge in [0.05, 0.1) is 22.1 Å². The number of aryl methyl sites for hydroxylation is 2. The van der Waals surface area contributed by atoms with Gasteiger partial charge in [0.2, 0.25) is 0 Å². The minimum atomic E-state index is -0.0710. The Balaban J connectivity index is 1.58. The molecular weight excluding hydrogens is 520 g/mol. The van der Waals surface area contributed by atoms with Crippen molar-refractivity contribution in [3.8, 4) is 0 Å². The molecule has 0 unspecified atom stereocenters. The number of carbonyl (C=O) groups is 1. The molecular formula is C29H29ClN4OS2. The molecule has 3 aromatic carbocycles. The van der Waals surface area contributed by atoms with Gasteiger partial charge < -0.3 is 9.80 Å². The number of nitrogens with zero attached hydrogens (tertiary/aromatic N) is 4. The van der Waals surface area contributed by atoms with Crippen LogP contribution in [0.1, 0.15) is 25.0 Å². The average Bonchev–Trinajstić information content (AvgIpc) is 3.38. The summed E-state index contributed by atoms with van der Waals surface area (Å²) in [5.41, 5.74) is 6.06. The number of fused-ring (bicyclic) bond motifs is 1. The molecule has 5 rings (SSSR count). The average molecular weight is 549 g/mol. The SMILES string of the molecule is CCN(CC)c1ccc(N=C2S/C(=C3\Sc4ccc(Cl)cc4N3C)C(=O)N2c2ccc(C)cc2)c(C)c1. The summed E-state index contributed by atoms with van der Waals surface area (Å²) in [4.78, 5) is 26.8. The zero-order chi connectivity index (χ0) is 26.3. The van der Waals surface area contributed by atoms with Gasteiger partial charge in [0.25, 0.3) is 5.91 Å². The first-order valence-electron chi connectivity index (χ1n) is 12.3. The minimum Gasteiger partial charge on any atom is -0.372 e. The van der Waals surface area contributed by atoms with Crippen LogP contribution in [0.2, 0.25) is 5.02 Å². The van der Waals surface area contributed by atoms with Crippen LogP contribution in [0.3, 0.4) is 0 Å². The van der Waals surface area contributed by atoms with E-state index in [4.69, 9.17) is 16.6 Å². The van der Waals surface area contributed by atoms with Gasteiger partial charge in [-0.25, -0.2) is 4.99 Å². The van der Waals surface area contributed by atoms with Gasteiger partial charge in [0.15, 0.2) is 5.17 Å². The van der Waals surface area contributed by atoms with Gasteiger partial charge >= 0.3 is 0 Å². The van der Waals surface area contributed by atoms with Crippen molar-refractivity contribution >= 4 is 68.9 Å². The summed E-state index contributed by atoms with van der Waals surface area (Å²) in [6, 6.07) is 20.2. The van der Waals surface area contributed by atoms with Crippen molar-refractivity contribution in [2.75, 3.05) is 34.8 Å². The third kappa shape index (κ3) is 4.88. The summed E-state index contributed by atoms with van der Waals surface area (Å²) < 4.78 is 0. The molecule has 0 saturated carbocycles. The second-order valence-corrected chi connectivity index (χ2v) is 11.5. The van der Waals surface area contributed by atoms with E-state index >= 15 is 0 Å². The molecule has 3 aromatic rings. The topological polar surface area (TPSA) is 39.1 Å². The van der Waals surface area contributed by atoms with Gasteiger partial charge in [-0.05, 0) is 93.6 Å². The highest BCUT2D eigenvalue weighted by Gasteiger charge is 2.40. The van der Waals surface area contributed by atoms with E-state index in [1.807, 2.05) is 67.4 Å². The summed E-state index contributed by atoms with van der Waals surface area (Å²) >= 11 is 9.28. The molecule has 0 aromatic heterocycles.